The summed E-state index contributed by atoms with van der Waals surface area (Å²) in [5.41, 5.74) is 0.0382. The van der Waals surface area contributed by atoms with Crippen LogP contribution in [0.1, 0.15) is 12.8 Å². The van der Waals surface area contributed by atoms with Gasteiger partial charge in [0.05, 0.1) is 10.8 Å². The van der Waals surface area contributed by atoms with Gasteiger partial charge in [-0.05, 0) is 47.0 Å². The SMILES string of the molecule is O=C(Nc1ccc(Br)cn1)C1CCCN(c2cc(F)ccc2[N+](=O)[O-])C1. The van der Waals surface area contributed by atoms with Crippen LogP contribution in [0.4, 0.5) is 21.6 Å². The average molecular weight is 423 g/mol. The lowest BCUT2D eigenvalue weighted by molar-refractivity contribution is -0.384. The zero-order valence-electron chi connectivity index (χ0n) is 13.7. The van der Waals surface area contributed by atoms with Gasteiger partial charge in [-0.3, -0.25) is 14.9 Å². The highest BCUT2D eigenvalue weighted by Gasteiger charge is 2.29. The molecular weight excluding hydrogens is 407 g/mol. The molecule has 1 atom stereocenters. The minimum absolute atomic E-state index is 0.165. The zero-order valence-corrected chi connectivity index (χ0v) is 15.3. The standard InChI is InChI=1S/C17H16BrFN4O3/c18-12-3-6-16(20-9-12)21-17(24)11-2-1-7-22(10-11)15-8-13(19)4-5-14(15)23(25)26/h3-6,8-9,11H,1-2,7,10H2,(H,20,21,24). The van der Waals surface area contributed by atoms with E-state index >= 15 is 0 Å². The van der Waals surface area contributed by atoms with Gasteiger partial charge in [0.2, 0.25) is 5.91 Å². The minimum Gasteiger partial charge on any atom is -0.365 e. The molecule has 1 aromatic carbocycles. The topological polar surface area (TPSA) is 88.4 Å². The summed E-state index contributed by atoms with van der Waals surface area (Å²) in [6.07, 6.45) is 2.92. The molecule has 0 bridgehead atoms. The van der Waals surface area contributed by atoms with E-state index in [9.17, 15) is 19.3 Å². The van der Waals surface area contributed by atoms with Crippen LogP contribution in [-0.4, -0.2) is 28.9 Å². The molecule has 1 N–H and O–H groups in total. The van der Waals surface area contributed by atoms with Crippen molar-refractivity contribution in [2.24, 2.45) is 5.92 Å². The van der Waals surface area contributed by atoms with Gasteiger partial charge >= 0.3 is 0 Å². The van der Waals surface area contributed by atoms with Crippen LogP contribution in [-0.2, 0) is 4.79 Å². The first kappa shape index (κ1) is 18.2. The molecule has 1 amide bonds. The number of aromatic nitrogens is 1. The van der Waals surface area contributed by atoms with E-state index < -0.39 is 10.7 Å². The summed E-state index contributed by atoms with van der Waals surface area (Å²) in [6.45, 7) is 0.817. The Labute approximate surface area is 157 Å². The van der Waals surface area contributed by atoms with Gasteiger partial charge in [-0.1, -0.05) is 0 Å². The van der Waals surface area contributed by atoms with Crippen molar-refractivity contribution in [3.05, 3.63) is 56.9 Å². The molecule has 3 rings (SSSR count). The number of rotatable bonds is 4. The van der Waals surface area contributed by atoms with E-state index in [0.29, 0.717) is 25.2 Å². The number of pyridine rings is 1. The van der Waals surface area contributed by atoms with Crippen LogP contribution in [0.15, 0.2) is 41.0 Å². The van der Waals surface area contributed by atoms with E-state index in [1.807, 2.05) is 0 Å². The Bertz CT molecular complexity index is 831. The van der Waals surface area contributed by atoms with Gasteiger partial charge in [-0.2, -0.15) is 0 Å². The molecule has 9 heteroatoms. The minimum atomic E-state index is -0.545. The third-order valence-electron chi connectivity index (χ3n) is 4.25. The number of hydrogen-bond donors (Lipinski definition) is 1. The molecule has 136 valence electrons. The van der Waals surface area contributed by atoms with Crippen LogP contribution >= 0.6 is 15.9 Å². The predicted octanol–water partition coefficient (Wildman–Crippen LogP) is 3.75. The summed E-state index contributed by atoms with van der Waals surface area (Å²) < 4.78 is 14.4. The second kappa shape index (κ2) is 7.77. The van der Waals surface area contributed by atoms with E-state index in [0.717, 1.165) is 22.7 Å². The number of nitrogens with zero attached hydrogens (tertiary/aromatic N) is 3. The number of halogens is 2. The molecule has 0 radical (unpaired) electrons. The van der Waals surface area contributed by atoms with Gasteiger partial charge < -0.3 is 10.2 Å². The maximum absolute atomic E-state index is 13.6. The second-order valence-electron chi connectivity index (χ2n) is 6.03. The third-order valence-corrected chi connectivity index (χ3v) is 4.71. The normalized spacial score (nSPS) is 17.0. The summed E-state index contributed by atoms with van der Waals surface area (Å²) in [7, 11) is 0. The molecule has 2 aromatic rings. The van der Waals surface area contributed by atoms with E-state index in [4.69, 9.17) is 0 Å². The van der Waals surface area contributed by atoms with Crippen LogP contribution in [0.2, 0.25) is 0 Å². The van der Waals surface area contributed by atoms with Gasteiger partial charge in [0.1, 0.15) is 17.3 Å². The van der Waals surface area contributed by atoms with Crippen LogP contribution < -0.4 is 10.2 Å². The van der Waals surface area contributed by atoms with Gasteiger partial charge in [0.15, 0.2) is 0 Å². The Balaban J connectivity index is 1.75. The molecule has 1 aliphatic rings. The van der Waals surface area contributed by atoms with Crippen LogP contribution in [0.3, 0.4) is 0 Å². The maximum Gasteiger partial charge on any atom is 0.292 e. The number of anilines is 2. The monoisotopic (exact) mass is 422 g/mol. The molecule has 1 saturated heterocycles. The Hall–Kier alpha value is -2.55. The molecule has 1 aliphatic heterocycles. The number of carbonyl (C=O) groups is 1. The highest BCUT2D eigenvalue weighted by atomic mass is 79.9. The predicted molar refractivity (Wildman–Crippen MR) is 98.6 cm³/mol. The van der Waals surface area contributed by atoms with Gasteiger partial charge in [0.25, 0.3) is 5.69 Å². The van der Waals surface area contributed by atoms with Crippen molar-refractivity contribution in [2.75, 3.05) is 23.3 Å². The third kappa shape index (κ3) is 4.16. The van der Waals surface area contributed by atoms with Gasteiger partial charge in [-0.15, -0.1) is 0 Å². The summed E-state index contributed by atoms with van der Waals surface area (Å²) in [4.78, 5) is 29.0. The molecule has 26 heavy (non-hydrogen) atoms. The van der Waals surface area contributed by atoms with E-state index in [-0.39, 0.29) is 29.7 Å². The van der Waals surface area contributed by atoms with Crippen molar-refractivity contribution in [1.29, 1.82) is 0 Å². The number of benzene rings is 1. The molecule has 1 unspecified atom stereocenters. The summed E-state index contributed by atoms with van der Waals surface area (Å²) in [5.74, 6) is -0.677. The Kier molecular flexibility index (Phi) is 5.46. The quantitative estimate of drug-likeness (QED) is 0.598. The number of nitrogens with one attached hydrogen (secondary N) is 1. The second-order valence-corrected chi connectivity index (χ2v) is 6.94. The molecule has 7 nitrogen and oxygen atoms in total. The lowest BCUT2D eigenvalue weighted by Gasteiger charge is -2.33. The Morgan fingerprint density at radius 2 is 2.19 bits per heavy atom. The number of hydrogen-bond acceptors (Lipinski definition) is 5. The highest BCUT2D eigenvalue weighted by molar-refractivity contribution is 9.10. The van der Waals surface area contributed by atoms with Crippen molar-refractivity contribution in [1.82, 2.24) is 4.98 Å². The number of nitro groups is 1. The fraction of sp³-hybridized carbons (Fsp3) is 0.294. The lowest BCUT2D eigenvalue weighted by Crippen LogP contribution is -2.41. The maximum atomic E-state index is 13.6. The van der Waals surface area contributed by atoms with Crippen LogP contribution in [0.25, 0.3) is 0 Å². The van der Waals surface area contributed by atoms with E-state index in [2.05, 4.69) is 26.2 Å². The molecule has 1 aromatic heterocycles. The smallest absolute Gasteiger partial charge is 0.292 e. The fourth-order valence-electron chi connectivity index (χ4n) is 2.99. The number of piperidine rings is 1. The number of nitro benzene ring substituents is 1. The van der Waals surface area contributed by atoms with Gasteiger partial charge in [-0.25, -0.2) is 9.37 Å². The van der Waals surface area contributed by atoms with Crippen molar-refractivity contribution >= 4 is 39.0 Å². The largest absolute Gasteiger partial charge is 0.365 e. The average Bonchev–Trinajstić information content (AvgIpc) is 2.63. The van der Waals surface area contributed by atoms with Crippen molar-refractivity contribution in [3.63, 3.8) is 0 Å². The lowest BCUT2D eigenvalue weighted by atomic mass is 9.96. The highest BCUT2D eigenvalue weighted by Crippen LogP contribution is 2.32. The fourth-order valence-corrected chi connectivity index (χ4v) is 3.23. The number of amides is 1. The summed E-state index contributed by atoms with van der Waals surface area (Å²) in [6, 6.07) is 6.82. The van der Waals surface area contributed by atoms with Crippen molar-refractivity contribution < 1.29 is 14.1 Å². The molecule has 0 saturated carbocycles. The van der Waals surface area contributed by atoms with Crippen molar-refractivity contribution in [3.8, 4) is 0 Å². The molecule has 2 heterocycles. The van der Waals surface area contributed by atoms with Gasteiger partial charge in [0, 0.05) is 35.9 Å². The first-order valence-electron chi connectivity index (χ1n) is 8.05. The molecule has 0 aliphatic carbocycles. The van der Waals surface area contributed by atoms with E-state index in [1.54, 1.807) is 23.2 Å². The Morgan fingerprint density at radius 3 is 2.88 bits per heavy atom. The first-order valence-corrected chi connectivity index (χ1v) is 8.84. The summed E-state index contributed by atoms with van der Waals surface area (Å²) in [5, 5.41) is 14.0. The van der Waals surface area contributed by atoms with Crippen molar-refractivity contribution in [2.45, 2.75) is 12.8 Å². The molecule has 0 spiro atoms. The Morgan fingerprint density at radius 1 is 1.38 bits per heavy atom. The van der Waals surface area contributed by atoms with Crippen LogP contribution in [0.5, 0.6) is 0 Å². The molecular formula is C17H16BrFN4O3. The first-order chi connectivity index (χ1) is 12.4. The van der Waals surface area contributed by atoms with E-state index in [1.165, 1.54) is 0 Å². The summed E-state index contributed by atoms with van der Waals surface area (Å²) >= 11 is 3.28. The van der Waals surface area contributed by atoms with Crippen LogP contribution in [0, 0.1) is 21.8 Å². The molecule has 1 fully saturated rings. The number of carbonyl (C=O) groups excluding carboxylic acids is 1. The zero-order chi connectivity index (χ0) is 18.7.